The standard InChI is InChI=1S/C9H10N4O3/c1-6-10-4-8(16-6)7-5-13(12-11-7)3-2-9(14)15/h4-5H,2-3H2,1H3,(H,14,15). The summed E-state index contributed by atoms with van der Waals surface area (Å²) in [7, 11) is 0. The molecular weight excluding hydrogens is 212 g/mol. The number of aromatic nitrogens is 4. The molecule has 2 aromatic heterocycles. The topological polar surface area (TPSA) is 94.0 Å². The fourth-order valence-electron chi connectivity index (χ4n) is 1.21. The van der Waals surface area contributed by atoms with Gasteiger partial charge in [-0.3, -0.25) is 9.48 Å². The van der Waals surface area contributed by atoms with Crippen LogP contribution < -0.4 is 0 Å². The molecule has 16 heavy (non-hydrogen) atoms. The Balaban J connectivity index is 2.10. The third-order valence-corrected chi connectivity index (χ3v) is 1.97. The van der Waals surface area contributed by atoms with E-state index in [0.29, 0.717) is 17.3 Å². The lowest BCUT2D eigenvalue weighted by Gasteiger charge is -1.93. The van der Waals surface area contributed by atoms with Gasteiger partial charge in [-0.15, -0.1) is 5.10 Å². The summed E-state index contributed by atoms with van der Waals surface area (Å²) in [5.41, 5.74) is 0.547. The van der Waals surface area contributed by atoms with Crippen molar-refractivity contribution in [2.45, 2.75) is 19.9 Å². The van der Waals surface area contributed by atoms with Gasteiger partial charge in [-0.25, -0.2) is 4.98 Å². The van der Waals surface area contributed by atoms with Gasteiger partial charge >= 0.3 is 5.97 Å². The van der Waals surface area contributed by atoms with Gasteiger partial charge in [-0.2, -0.15) is 0 Å². The van der Waals surface area contributed by atoms with Gasteiger partial charge in [0.25, 0.3) is 0 Å². The Kier molecular flexibility index (Phi) is 2.67. The van der Waals surface area contributed by atoms with Crippen LogP contribution in [0.1, 0.15) is 12.3 Å². The third kappa shape index (κ3) is 2.25. The molecule has 2 aromatic rings. The fraction of sp³-hybridized carbons (Fsp3) is 0.333. The lowest BCUT2D eigenvalue weighted by Crippen LogP contribution is -2.04. The molecule has 84 valence electrons. The molecule has 0 aliphatic carbocycles. The van der Waals surface area contributed by atoms with Crippen molar-refractivity contribution in [1.29, 1.82) is 0 Å². The molecule has 0 fully saturated rings. The average Bonchev–Trinajstić information content (AvgIpc) is 2.83. The van der Waals surface area contributed by atoms with E-state index >= 15 is 0 Å². The molecule has 2 rings (SSSR count). The first-order valence-corrected chi connectivity index (χ1v) is 4.70. The van der Waals surface area contributed by atoms with Gasteiger partial charge in [0.05, 0.1) is 25.4 Å². The largest absolute Gasteiger partial charge is 0.481 e. The maximum absolute atomic E-state index is 10.4. The molecule has 0 unspecified atom stereocenters. The van der Waals surface area contributed by atoms with E-state index in [1.165, 1.54) is 4.68 Å². The Morgan fingerprint density at radius 1 is 1.62 bits per heavy atom. The number of hydrogen-bond donors (Lipinski definition) is 1. The van der Waals surface area contributed by atoms with Gasteiger partial charge in [-0.05, 0) is 0 Å². The van der Waals surface area contributed by atoms with Crippen molar-refractivity contribution in [3.05, 3.63) is 18.3 Å². The first kappa shape index (κ1) is 10.3. The summed E-state index contributed by atoms with van der Waals surface area (Å²) >= 11 is 0. The van der Waals surface area contributed by atoms with E-state index in [1.807, 2.05) is 0 Å². The monoisotopic (exact) mass is 222 g/mol. The Hall–Kier alpha value is -2.18. The summed E-state index contributed by atoms with van der Waals surface area (Å²) in [5.74, 6) is 0.210. The second-order valence-corrected chi connectivity index (χ2v) is 3.25. The smallest absolute Gasteiger partial charge is 0.305 e. The maximum atomic E-state index is 10.4. The van der Waals surface area contributed by atoms with Crippen LogP contribution in [0.15, 0.2) is 16.8 Å². The van der Waals surface area contributed by atoms with Crippen LogP contribution in [0.5, 0.6) is 0 Å². The molecule has 0 saturated heterocycles. The predicted octanol–water partition coefficient (Wildman–Crippen LogP) is 0.716. The van der Waals surface area contributed by atoms with Crippen LogP contribution >= 0.6 is 0 Å². The first-order chi connectivity index (χ1) is 7.65. The highest BCUT2D eigenvalue weighted by Gasteiger charge is 2.09. The minimum Gasteiger partial charge on any atom is -0.481 e. The zero-order chi connectivity index (χ0) is 11.5. The van der Waals surface area contributed by atoms with Crippen LogP contribution in [0.2, 0.25) is 0 Å². The highest BCUT2D eigenvalue weighted by Crippen LogP contribution is 2.16. The zero-order valence-corrected chi connectivity index (χ0v) is 8.62. The number of oxazole rings is 1. The van der Waals surface area contributed by atoms with Crippen LogP contribution in [0.3, 0.4) is 0 Å². The van der Waals surface area contributed by atoms with E-state index in [0.717, 1.165) is 0 Å². The van der Waals surface area contributed by atoms with Crippen LogP contribution in [-0.4, -0.2) is 31.1 Å². The minimum atomic E-state index is -0.868. The highest BCUT2D eigenvalue weighted by molar-refractivity contribution is 5.66. The van der Waals surface area contributed by atoms with Crippen molar-refractivity contribution in [1.82, 2.24) is 20.0 Å². The number of nitrogens with zero attached hydrogens (tertiary/aromatic N) is 4. The second-order valence-electron chi connectivity index (χ2n) is 3.25. The van der Waals surface area contributed by atoms with E-state index < -0.39 is 5.97 Å². The SMILES string of the molecule is Cc1ncc(-c2cn(CCC(=O)O)nn2)o1. The third-order valence-electron chi connectivity index (χ3n) is 1.97. The predicted molar refractivity (Wildman–Crippen MR) is 52.5 cm³/mol. The van der Waals surface area contributed by atoms with Crippen molar-refractivity contribution in [2.75, 3.05) is 0 Å². The first-order valence-electron chi connectivity index (χ1n) is 4.70. The normalized spacial score (nSPS) is 10.6. The number of carboxylic acids is 1. The van der Waals surface area contributed by atoms with Gasteiger partial charge in [0.15, 0.2) is 11.7 Å². The van der Waals surface area contributed by atoms with Gasteiger partial charge in [-0.1, -0.05) is 5.21 Å². The minimum absolute atomic E-state index is 0.0121. The highest BCUT2D eigenvalue weighted by atomic mass is 16.4. The number of aryl methyl sites for hydroxylation is 2. The molecule has 0 saturated carbocycles. The van der Waals surface area contributed by atoms with Crippen molar-refractivity contribution < 1.29 is 14.3 Å². The molecule has 0 bridgehead atoms. The van der Waals surface area contributed by atoms with E-state index in [2.05, 4.69) is 15.3 Å². The van der Waals surface area contributed by atoms with Gasteiger partial charge < -0.3 is 9.52 Å². The maximum Gasteiger partial charge on any atom is 0.305 e. The summed E-state index contributed by atoms with van der Waals surface area (Å²) in [6.45, 7) is 2.02. The molecule has 7 heteroatoms. The van der Waals surface area contributed by atoms with Crippen LogP contribution in [0.25, 0.3) is 11.5 Å². The number of aliphatic carboxylic acids is 1. The van der Waals surface area contributed by atoms with Crippen LogP contribution in [0, 0.1) is 6.92 Å². The fourth-order valence-corrected chi connectivity index (χ4v) is 1.21. The zero-order valence-electron chi connectivity index (χ0n) is 8.62. The van der Waals surface area contributed by atoms with Crippen LogP contribution in [-0.2, 0) is 11.3 Å². The van der Waals surface area contributed by atoms with Crippen molar-refractivity contribution >= 4 is 5.97 Å². The van der Waals surface area contributed by atoms with Crippen molar-refractivity contribution in [3.8, 4) is 11.5 Å². The molecular formula is C9H10N4O3. The number of carboxylic acid groups (broad SMARTS) is 1. The molecule has 0 aliphatic rings. The van der Waals surface area contributed by atoms with E-state index in [-0.39, 0.29) is 13.0 Å². The number of carbonyl (C=O) groups is 1. The summed E-state index contributed by atoms with van der Waals surface area (Å²) in [4.78, 5) is 14.3. The molecule has 2 heterocycles. The molecule has 0 spiro atoms. The van der Waals surface area contributed by atoms with Gasteiger partial charge in [0.2, 0.25) is 0 Å². The van der Waals surface area contributed by atoms with Gasteiger partial charge in [0, 0.05) is 6.92 Å². The molecule has 0 atom stereocenters. The second kappa shape index (κ2) is 4.13. The Morgan fingerprint density at radius 2 is 2.44 bits per heavy atom. The average molecular weight is 222 g/mol. The van der Waals surface area contributed by atoms with Gasteiger partial charge in [0.1, 0.15) is 5.69 Å². The number of rotatable bonds is 4. The quantitative estimate of drug-likeness (QED) is 0.818. The van der Waals surface area contributed by atoms with E-state index in [1.54, 1.807) is 19.3 Å². The Morgan fingerprint density at radius 3 is 3.06 bits per heavy atom. The lowest BCUT2D eigenvalue weighted by atomic mass is 10.4. The summed E-state index contributed by atoms with van der Waals surface area (Å²) in [6.07, 6.45) is 3.20. The molecule has 0 aromatic carbocycles. The van der Waals surface area contributed by atoms with E-state index in [4.69, 9.17) is 9.52 Å². The Labute approximate surface area is 90.7 Å². The summed E-state index contributed by atoms with van der Waals surface area (Å²) in [5, 5.41) is 16.2. The molecule has 1 N–H and O–H groups in total. The summed E-state index contributed by atoms with van der Waals surface area (Å²) in [6, 6.07) is 0. The summed E-state index contributed by atoms with van der Waals surface area (Å²) < 4.78 is 6.72. The number of hydrogen-bond acceptors (Lipinski definition) is 5. The lowest BCUT2D eigenvalue weighted by molar-refractivity contribution is -0.137. The van der Waals surface area contributed by atoms with Crippen LogP contribution in [0.4, 0.5) is 0 Å². The van der Waals surface area contributed by atoms with E-state index in [9.17, 15) is 4.79 Å². The molecule has 0 amide bonds. The van der Waals surface area contributed by atoms with Crippen molar-refractivity contribution in [2.24, 2.45) is 0 Å². The Bertz CT molecular complexity index is 502. The molecule has 0 aliphatic heterocycles. The molecule has 7 nitrogen and oxygen atoms in total. The molecule has 0 radical (unpaired) electrons. The van der Waals surface area contributed by atoms with Crippen molar-refractivity contribution in [3.63, 3.8) is 0 Å².